The van der Waals surface area contributed by atoms with Gasteiger partial charge in [0.05, 0.1) is 22.9 Å². The summed E-state index contributed by atoms with van der Waals surface area (Å²) in [7, 11) is 0. The van der Waals surface area contributed by atoms with E-state index in [9.17, 15) is 4.55 Å². The maximum Gasteiger partial charge on any atom is 0.158 e. The van der Waals surface area contributed by atoms with E-state index in [4.69, 9.17) is 23.1 Å². The minimum Gasteiger partial charge on any atom is -0.598 e. The number of piperidine rings is 1. The molecule has 1 unspecified atom stereocenters. The van der Waals surface area contributed by atoms with E-state index in [-0.39, 0.29) is 10.2 Å². The lowest BCUT2D eigenvalue weighted by molar-refractivity contribution is 0.186. The largest absolute Gasteiger partial charge is 0.598 e. The average molecular weight is 523 g/mol. The van der Waals surface area contributed by atoms with Crippen LogP contribution >= 0.6 is 23.4 Å². The summed E-state index contributed by atoms with van der Waals surface area (Å²) in [5.41, 5.74) is 12.9. The quantitative estimate of drug-likeness (QED) is 0.342. The highest BCUT2D eigenvalue weighted by Crippen LogP contribution is 2.47. The topological polar surface area (TPSA) is 116 Å². The van der Waals surface area contributed by atoms with Crippen molar-refractivity contribution in [1.29, 1.82) is 0 Å². The van der Waals surface area contributed by atoms with E-state index in [1.807, 2.05) is 12.1 Å². The summed E-state index contributed by atoms with van der Waals surface area (Å²) in [6.07, 6.45) is 8.24. The van der Waals surface area contributed by atoms with Crippen molar-refractivity contribution in [3.8, 4) is 0 Å². The second-order valence-electron chi connectivity index (χ2n) is 9.97. The Labute approximate surface area is 215 Å². The van der Waals surface area contributed by atoms with Crippen LogP contribution in [0.15, 0.2) is 34.3 Å². The smallest absolute Gasteiger partial charge is 0.158 e. The van der Waals surface area contributed by atoms with Crippen LogP contribution in [-0.2, 0) is 11.4 Å². The predicted molar refractivity (Wildman–Crippen MR) is 144 cm³/mol. The van der Waals surface area contributed by atoms with Gasteiger partial charge >= 0.3 is 0 Å². The number of halogens is 1. The zero-order valence-electron chi connectivity index (χ0n) is 20.1. The SMILES string of the molecule is CCC(C)(C)[S+]([O-])N[C@@H]1CCCC12CCN(c1cnc(Sc3cccc(N)c3Cl)c(N)n1)CC2. The molecule has 2 fully saturated rings. The van der Waals surface area contributed by atoms with E-state index in [0.29, 0.717) is 27.6 Å². The maximum absolute atomic E-state index is 12.9. The normalized spacial score (nSPS) is 21.2. The van der Waals surface area contributed by atoms with Gasteiger partial charge in [0.2, 0.25) is 0 Å². The van der Waals surface area contributed by atoms with Gasteiger partial charge in [-0.15, -0.1) is 4.72 Å². The summed E-state index contributed by atoms with van der Waals surface area (Å²) in [6, 6.07) is 5.82. The van der Waals surface area contributed by atoms with E-state index < -0.39 is 11.4 Å². The lowest BCUT2D eigenvalue weighted by Crippen LogP contribution is -2.53. The molecule has 0 amide bonds. The highest BCUT2D eigenvalue weighted by atomic mass is 35.5. The number of hydrogen-bond acceptors (Lipinski definition) is 8. The predicted octanol–water partition coefficient (Wildman–Crippen LogP) is 5.03. The third-order valence-electron chi connectivity index (χ3n) is 7.54. The summed E-state index contributed by atoms with van der Waals surface area (Å²) in [5, 5.41) is 1.12. The second kappa shape index (κ2) is 10.3. The second-order valence-corrected chi connectivity index (χ2v) is 13.3. The van der Waals surface area contributed by atoms with Gasteiger partial charge in [0.1, 0.15) is 15.6 Å². The Morgan fingerprint density at radius 1 is 1.29 bits per heavy atom. The van der Waals surface area contributed by atoms with Gasteiger partial charge in [-0.3, -0.25) is 0 Å². The summed E-state index contributed by atoms with van der Waals surface area (Å²) >= 11 is 6.65. The third kappa shape index (κ3) is 5.23. The van der Waals surface area contributed by atoms with Crippen LogP contribution in [0.3, 0.4) is 0 Å². The van der Waals surface area contributed by atoms with Crippen molar-refractivity contribution in [3.05, 3.63) is 29.4 Å². The van der Waals surface area contributed by atoms with Crippen LogP contribution in [0.1, 0.15) is 59.3 Å². The Hall–Kier alpha value is -1.39. The number of nitrogens with two attached hydrogens (primary N) is 2. The first kappa shape index (κ1) is 25.7. The van der Waals surface area contributed by atoms with Gasteiger partial charge in [-0.2, -0.15) is 0 Å². The number of nitrogens with one attached hydrogen (secondary N) is 1. The monoisotopic (exact) mass is 522 g/mol. The molecule has 1 spiro atoms. The van der Waals surface area contributed by atoms with Crippen molar-refractivity contribution in [3.63, 3.8) is 0 Å². The van der Waals surface area contributed by atoms with Crippen molar-refractivity contribution < 1.29 is 4.55 Å². The molecule has 34 heavy (non-hydrogen) atoms. The molecule has 7 nitrogen and oxygen atoms in total. The van der Waals surface area contributed by atoms with Gasteiger partial charge in [0.15, 0.2) is 5.82 Å². The van der Waals surface area contributed by atoms with E-state index in [0.717, 1.165) is 49.5 Å². The Bertz CT molecular complexity index is 1010. The molecule has 0 radical (unpaired) electrons. The van der Waals surface area contributed by atoms with Gasteiger partial charge in [0, 0.05) is 29.3 Å². The van der Waals surface area contributed by atoms with Gasteiger partial charge in [-0.1, -0.05) is 42.8 Å². The van der Waals surface area contributed by atoms with Crippen LogP contribution in [0, 0.1) is 5.41 Å². The minimum absolute atomic E-state index is 0.203. The number of benzene rings is 1. The van der Waals surface area contributed by atoms with Gasteiger partial charge < -0.3 is 20.9 Å². The molecule has 1 aliphatic carbocycles. The fraction of sp³-hybridized carbons (Fsp3) is 0.583. The molecule has 1 saturated heterocycles. The Morgan fingerprint density at radius 3 is 2.71 bits per heavy atom. The number of rotatable bonds is 7. The van der Waals surface area contributed by atoms with Crippen molar-refractivity contribution in [2.75, 3.05) is 29.5 Å². The lowest BCUT2D eigenvalue weighted by Gasteiger charge is -2.44. The number of nitrogens with zero attached hydrogens (tertiary/aromatic N) is 3. The van der Waals surface area contributed by atoms with Crippen molar-refractivity contribution in [1.82, 2.24) is 14.7 Å². The van der Waals surface area contributed by atoms with Gasteiger partial charge in [-0.05, 0) is 63.5 Å². The fourth-order valence-corrected chi connectivity index (χ4v) is 7.11. The van der Waals surface area contributed by atoms with E-state index in [2.05, 4.69) is 40.4 Å². The lowest BCUT2D eigenvalue weighted by atomic mass is 9.74. The van der Waals surface area contributed by atoms with Crippen molar-refractivity contribution in [2.45, 2.75) is 80.0 Å². The molecule has 2 heterocycles. The zero-order valence-corrected chi connectivity index (χ0v) is 22.5. The van der Waals surface area contributed by atoms with Crippen LogP contribution in [-0.4, -0.2) is 38.4 Å². The van der Waals surface area contributed by atoms with Crippen LogP contribution in [0.25, 0.3) is 0 Å². The summed E-state index contributed by atoms with van der Waals surface area (Å²) in [5.74, 6) is 1.19. The number of hydrogen-bond donors (Lipinski definition) is 3. The summed E-state index contributed by atoms with van der Waals surface area (Å²) in [6.45, 7) is 8.04. The van der Waals surface area contributed by atoms with E-state index >= 15 is 0 Å². The molecule has 186 valence electrons. The summed E-state index contributed by atoms with van der Waals surface area (Å²) in [4.78, 5) is 12.3. The number of nitrogen functional groups attached to an aromatic ring is 2. The number of aromatic nitrogens is 2. The molecular weight excluding hydrogens is 488 g/mol. The van der Waals surface area contributed by atoms with Crippen LogP contribution in [0.4, 0.5) is 17.3 Å². The van der Waals surface area contributed by atoms with Gasteiger partial charge in [0.25, 0.3) is 0 Å². The first-order valence-corrected chi connectivity index (χ1v) is 14.3. The van der Waals surface area contributed by atoms with Crippen LogP contribution in [0.5, 0.6) is 0 Å². The maximum atomic E-state index is 12.9. The molecule has 2 aromatic rings. The minimum atomic E-state index is -1.04. The Morgan fingerprint density at radius 2 is 2.03 bits per heavy atom. The molecule has 2 atom stereocenters. The van der Waals surface area contributed by atoms with Crippen LogP contribution < -0.4 is 21.1 Å². The molecule has 1 aromatic carbocycles. The fourth-order valence-electron chi connectivity index (χ4n) is 4.85. The Balaban J connectivity index is 1.41. The van der Waals surface area contributed by atoms with Crippen LogP contribution in [0.2, 0.25) is 5.02 Å². The average Bonchev–Trinajstić information content (AvgIpc) is 3.19. The van der Waals surface area contributed by atoms with Crippen molar-refractivity contribution >= 4 is 52.0 Å². The zero-order chi connectivity index (χ0) is 24.5. The first-order chi connectivity index (χ1) is 16.1. The van der Waals surface area contributed by atoms with Gasteiger partial charge in [-0.25, -0.2) is 9.97 Å². The molecule has 0 bridgehead atoms. The molecule has 2 aliphatic rings. The standard InChI is InChI=1S/C24H35ClN6OS2/c1-4-23(2,3)34(32)30-18-9-6-10-24(18)11-13-31(14-12-24)19-15-28-22(21(27)29-19)33-17-8-5-7-16(26)20(17)25/h5,7-8,15,18,30H,4,6,9-14,26H2,1-3H3,(H2,27,29)/t18-,34?/m1/s1. The molecule has 4 rings (SSSR count). The highest BCUT2D eigenvalue weighted by molar-refractivity contribution is 7.99. The molecule has 1 aromatic heterocycles. The first-order valence-electron chi connectivity index (χ1n) is 11.9. The molecule has 5 N–H and O–H groups in total. The Kier molecular flexibility index (Phi) is 7.79. The summed E-state index contributed by atoms with van der Waals surface area (Å²) < 4.78 is 16.2. The van der Waals surface area contributed by atoms with E-state index in [1.165, 1.54) is 24.6 Å². The number of anilines is 3. The molecule has 10 heteroatoms. The highest BCUT2D eigenvalue weighted by Gasteiger charge is 2.48. The molecule has 1 aliphatic heterocycles. The molecule has 1 saturated carbocycles. The van der Waals surface area contributed by atoms with Crippen molar-refractivity contribution in [2.24, 2.45) is 5.41 Å². The third-order valence-corrected chi connectivity index (χ3v) is 10.9. The van der Waals surface area contributed by atoms with E-state index in [1.54, 1.807) is 12.3 Å². The molecular formula is C24H35ClN6OS2.